The second kappa shape index (κ2) is 7.47. The van der Waals surface area contributed by atoms with E-state index in [0.717, 1.165) is 0 Å². The molecule has 2 atom stereocenters. The number of hydrogen-bond acceptors (Lipinski definition) is 5. The van der Waals surface area contributed by atoms with Crippen molar-refractivity contribution in [2.24, 2.45) is 0 Å². The number of fused-ring (bicyclic) bond motifs is 2. The molecule has 3 aliphatic heterocycles. The first kappa shape index (κ1) is 21.2. The second-order valence-electron chi connectivity index (χ2n) is 9.40. The van der Waals surface area contributed by atoms with E-state index in [1.165, 1.54) is 4.90 Å². The monoisotopic (exact) mass is 453 g/mol. The van der Waals surface area contributed by atoms with Crippen LogP contribution in [0, 0.1) is 0 Å². The highest BCUT2D eigenvalue weighted by molar-refractivity contribution is 6.31. The van der Waals surface area contributed by atoms with E-state index in [1.807, 2.05) is 11.0 Å². The summed E-state index contributed by atoms with van der Waals surface area (Å²) in [7, 11) is 0. The molecule has 1 aliphatic carbocycles. The van der Waals surface area contributed by atoms with Crippen LogP contribution in [0.5, 0.6) is 0 Å². The number of nitrogens with zero attached hydrogens (tertiary/aromatic N) is 3. The number of piperazine rings is 1. The van der Waals surface area contributed by atoms with Crippen molar-refractivity contribution in [3.05, 3.63) is 34.9 Å². The smallest absolute Gasteiger partial charge is 0.252 e. The fourth-order valence-corrected chi connectivity index (χ4v) is 5.91. The molecule has 5 rings (SSSR count). The maximum Gasteiger partial charge on any atom is 0.252 e. The lowest BCUT2D eigenvalue weighted by Gasteiger charge is -2.60. The molecule has 0 radical (unpaired) electrons. The molecule has 6 nitrogen and oxygen atoms in total. The van der Waals surface area contributed by atoms with Crippen molar-refractivity contribution < 1.29 is 23.5 Å². The highest BCUT2D eigenvalue weighted by atomic mass is 35.5. The Morgan fingerprint density at radius 1 is 1.13 bits per heavy atom. The van der Waals surface area contributed by atoms with Crippen molar-refractivity contribution in [1.82, 2.24) is 14.7 Å². The Balaban J connectivity index is 1.38. The number of likely N-dealkylation sites (tertiary alicyclic amines) is 1. The molecule has 0 bridgehead atoms. The first-order chi connectivity index (χ1) is 14.7. The number of alkyl halides is 2. The molecule has 2 unspecified atom stereocenters. The van der Waals surface area contributed by atoms with E-state index in [4.69, 9.17) is 11.6 Å². The lowest BCUT2D eigenvalue weighted by atomic mass is 9.79. The predicted octanol–water partition coefficient (Wildman–Crippen LogP) is 2.28. The van der Waals surface area contributed by atoms with Crippen LogP contribution in [-0.4, -0.2) is 80.9 Å². The van der Waals surface area contributed by atoms with Crippen LogP contribution in [0.2, 0.25) is 5.02 Å². The Morgan fingerprint density at radius 2 is 1.81 bits per heavy atom. The Kier molecular flexibility index (Phi) is 5.12. The van der Waals surface area contributed by atoms with E-state index < -0.39 is 23.6 Å². The van der Waals surface area contributed by atoms with Crippen molar-refractivity contribution in [3.8, 4) is 0 Å². The van der Waals surface area contributed by atoms with Gasteiger partial charge in [-0.3, -0.25) is 24.3 Å². The molecular weight excluding hydrogens is 428 g/mol. The minimum absolute atomic E-state index is 0.0265. The van der Waals surface area contributed by atoms with Crippen LogP contribution in [0.25, 0.3) is 0 Å². The number of carbonyl (C=O) groups excluding carboxylic acids is 2. The number of imide groups is 1. The summed E-state index contributed by atoms with van der Waals surface area (Å²) in [6.07, 6.45) is 0.190. The van der Waals surface area contributed by atoms with Gasteiger partial charge in [0.2, 0.25) is 11.8 Å². The number of halogens is 3. The van der Waals surface area contributed by atoms with E-state index in [9.17, 15) is 23.5 Å². The van der Waals surface area contributed by atoms with Gasteiger partial charge >= 0.3 is 0 Å². The highest BCUT2D eigenvalue weighted by Gasteiger charge is 2.65. The van der Waals surface area contributed by atoms with Gasteiger partial charge in [-0.05, 0) is 30.9 Å². The number of aliphatic hydroxyl groups is 1. The van der Waals surface area contributed by atoms with Gasteiger partial charge in [0.15, 0.2) is 0 Å². The first-order valence-corrected chi connectivity index (χ1v) is 11.2. The van der Waals surface area contributed by atoms with Gasteiger partial charge in [-0.15, -0.1) is 0 Å². The molecule has 4 fully saturated rings. The number of hydrogen-bond donors (Lipinski definition) is 1. The van der Waals surface area contributed by atoms with Crippen molar-refractivity contribution in [3.63, 3.8) is 0 Å². The normalized spacial score (nSPS) is 31.2. The fraction of sp³-hybridized carbons (Fsp3) is 0.636. The van der Waals surface area contributed by atoms with Crippen molar-refractivity contribution in [2.75, 3.05) is 19.6 Å². The molecule has 1 N–H and O–H groups in total. The standard InChI is InChI=1S/C22H26ClF2N3O3/c23-17-4-2-1-3-14(17)10-27-19(30)18-9-16(29)11-28(18)21(20(27)31)12-26(13-21)15-5-7-22(24,25)8-6-15/h1-4,15-16,18,29H,5-13H2. The van der Waals surface area contributed by atoms with Gasteiger partial charge in [-0.25, -0.2) is 8.78 Å². The number of β-amino-alcohol motifs (C(OH)–C–C–N with tert-alkyl or cyclic N) is 1. The third-order valence-corrected chi connectivity index (χ3v) is 7.81. The maximum absolute atomic E-state index is 13.6. The topological polar surface area (TPSA) is 64.1 Å². The molecule has 31 heavy (non-hydrogen) atoms. The summed E-state index contributed by atoms with van der Waals surface area (Å²) in [5.74, 6) is -3.18. The van der Waals surface area contributed by atoms with Crippen LogP contribution in [0.1, 0.15) is 37.7 Å². The average molecular weight is 454 g/mol. The lowest BCUT2D eigenvalue weighted by molar-refractivity contribution is -0.185. The van der Waals surface area contributed by atoms with Crippen molar-refractivity contribution in [1.29, 1.82) is 0 Å². The average Bonchev–Trinajstić information content (AvgIpc) is 3.08. The number of benzene rings is 1. The zero-order valence-electron chi connectivity index (χ0n) is 17.1. The molecule has 1 aromatic rings. The Morgan fingerprint density at radius 3 is 2.48 bits per heavy atom. The third kappa shape index (κ3) is 3.48. The SMILES string of the molecule is O=C1C2CC(O)CN2C2(CN(C3CCC(F)(F)CC3)C2)C(=O)N1Cc1ccccc1Cl. The first-order valence-electron chi connectivity index (χ1n) is 10.9. The molecular formula is C22H26ClF2N3O3. The van der Waals surface area contributed by atoms with Crippen LogP contribution >= 0.6 is 11.6 Å². The summed E-state index contributed by atoms with van der Waals surface area (Å²) in [4.78, 5) is 32.0. The van der Waals surface area contributed by atoms with Gasteiger partial charge in [-0.2, -0.15) is 0 Å². The zero-order valence-corrected chi connectivity index (χ0v) is 17.9. The van der Waals surface area contributed by atoms with Gasteiger partial charge in [0.05, 0.1) is 18.7 Å². The Bertz CT molecular complexity index is 898. The largest absolute Gasteiger partial charge is 0.392 e. The van der Waals surface area contributed by atoms with Crippen LogP contribution in [0.3, 0.4) is 0 Å². The number of rotatable bonds is 3. The molecule has 1 spiro atoms. The number of carbonyl (C=O) groups is 2. The highest BCUT2D eigenvalue weighted by Crippen LogP contribution is 2.44. The number of amides is 2. The van der Waals surface area contributed by atoms with E-state index in [-0.39, 0.29) is 43.8 Å². The van der Waals surface area contributed by atoms with Crippen LogP contribution < -0.4 is 0 Å². The summed E-state index contributed by atoms with van der Waals surface area (Å²) in [5.41, 5.74) is -0.198. The molecule has 3 heterocycles. The Labute approximate surface area is 184 Å². The zero-order chi connectivity index (χ0) is 22.0. The van der Waals surface area contributed by atoms with Crippen molar-refractivity contribution >= 4 is 23.4 Å². The molecule has 168 valence electrons. The lowest BCUT2D eigenvalue weighted by Crippen LogP contribution is -2.82. The minimum Gasteiger partial charge on any atom is -0.392 e. The number of aliphatic hydroxyl groups excluding tert-OH is 1. The molecule has 1 aromatic carbocycles. The summed E-state index contributed by atoms with van der Waals surface area (Å²) in [5, 5.41) is 10.8. The molecule has 0 aromatic heterocycles. The summed E-state index contributed by atoms with van der Waals surface area (Å²) in [6.45, 7) is 1.17. The van der Waals surface area contributed by atoms with Crippen molar-refractivity contribution in [2.45, 2.75) is 68.3 Å². The summed E-state index contributed by atoms with van der Waals surface area (Å²) >= 11 is 6.27. The summed E-state index contributed by atoms with van der Waals surface area (Å²) in [6, 6.07) is 6.60. The Hall–Kier alpha value is -1.61. The fourth-order valence-electron chi connectivity index (χ4n) is 5.71. The van der Waals surface area contributed by atoms with E-state index in [0.29, 0.717) is 42.9 Å². The summed E-state index contributed by atoms with van der Waals surface area (Å²) < 4.78 is 27.1. The van der Waals surface area contributed by atoms with Gasteiger partial charge in [0, 0.05) is 43.5 Å². The predicted molar refractivity (Wildman–Crippen MR) is 110 cm³/mol. The van der Waals surface area contributed by atoms with E-state index >= 15 is 0 Å². The molecule has 9 heteroatoms. The van der Waals surface area contributed by atoms with Gasteiger partial charge in [-0.1, -0.05) is 29.8 Å². The van der Waals surface area contributed by atoms with Gasteiger partial charge < -0.3 is 5.11 Å². The third-order valence-electron chi connectivity index (χ3n) is 7.44. The quantitative estimate of drug-likeness (QED) is 0.711. The van der Waals surface area contributed by atoms with Crippen LogP contribution in [-0.2, 0) is 16.1 Å². The molecule has 4 aliphatic rings. The maximum atomic E-state index is 13.6. The van der Waals surface area contributed by atoms with Gasteiger partial charge in [0.25, 0.3) is 5.91 Å². The van der Waals surface area contributed by atoms with Crippen LogP contribution in [0.4, 0.5) is 8.78 Å². The molecule has 3 saturated heterocycles. The van der Waals surface area contributed by atoms with Gasteiger partial charge in [0.1, 0.15) is 5.54 Å². The van der Waals surface area contributed by atoms with E-state index in [2.05, 4.69) is 4.90 Å². The minimum atomic E-state index is -2.60. The molecule has 2 amide bonds. The second-order valence-corrected chi connectivity index (χ2v) is 9.81. The van der Waals surface area contributed by atoms with E-state index in [1.54, 1.807) is 18.2 Å². The van der Waals surface area contributed by atoms with Crippen LogP contribution in [0.15, 0.2) is 24.3 Å². The molecule has 1 saturated carbocycles.